The van der Waals surface area contributed by atoms with Crippen LogP contribution in [0.2, 0.25) is 0 Å². The Labute approximate surface area is 178 Å². The van der Waals surface area contributed by atoms with Gasteiger partial charge in [0.1, 0.15) is 5.82 Å². The fourth-order valence-corrected chi connectivity index (χ4v) is 3.96. The molecular weight excluding hydrogens is 382 g/mol. The Bertz CT molecular complexity index is 843. The van der Waals surface area contributed by atoms with Crippen molar-refractivity contribution in [2.75, 3.05) is 33.4 Å². The number of aromatic nitrogens is 4. The van der Waals surface area contributed by atoms with Crippen molar-refractivity contribution in [1.82, 2.24) is 24.6 Å². The zero-order valence-corrected chi connectivity index (χ0v) is 18.6. The average molecular weight is 416 g/mol. The van der Waals surface area contributed by atoms with E-state index in [0.29, 0.717) is 38.7 Å². The summed E-state index contributed by atoms with van der Waals surface area (Å²) in [6.07, 6.45) is 4.18. The number of nitrogens with zero attached hydrogens (tertiary/aromatic N) is 5. The lowest BCUT2D eigenvalue weighted by molar-refractivity contribution is -0.132. The van der Waals surface area contributed by atoms with Gasteiger partial charge in [-0.2, -0.15) is 5.10 Å². The number of carbonyl (C=O) groups excluding carboxylic acids is 1. The summed E-state index contributed by atoms with van der Waals surface area (Å²) in [6, 6.07) is 2.04. The van der Waals surface area contributed by atoms with Crippen molar-refractivity contribution >= 4 is 5.91 Å². The van der Waals surface area contributed by atoms with E-state index in [1.165, 1.54) is 0 Å². The van der Waals surface area contributed by atoms with E-state index in [4.69, 9.17) is 14.5 Å². The molecular formula is C22H33N5O3. The summed E-state index contributed by atoms with van der Waals surface area (Å²) >= 11 is 0. The molecule has 3 heterocycles. The third-order valence-electron chi connectivity index (χ3n) is 5.58. The second-order valence-corrected chi connectivity index (χ2v) is 7.93. The van der Waals surface area contributed by atoms with Crippen LogP contribution < -0.4 is 0 Å². The summed E-state index contributed by atoms with van der Waals surface area (Å²) in [4.78, 5) is 23.7. The quantitative estimate of drug-likeness (QED) is 0.586. The van der Waals surface area contributed by atoms with Crippen LogP contribution in [0.1, 0.15) is 53.7 Å². The van der Waals surface area contributed by atoms with Gasteiger partial charge in [-0.25, -0.2) is 9.97 Å². The van der Waals surface area contributed by atoms with Crippen molar-refractivity contribution in [2.45, 2.75) is 59.1 Å². The molecule has 0 radical (unpaired) electrons. The maximum Gasteiger partial charge on any atom is 0.224 e. The van der Waals surface area contributed by atoms with Gasteiger partial charge >= 0.3 is 0 Å². The fraction of sp³-hybridized carbons (Fsp3) is 0.636. The van der Waals surface area contributed by atoms with Gasteiger partial charge < -0.3 is 14.4 Å². The minimum absolute atomic E-state index is 0.197. The Balaban J connectivity index is 1.54. The summed E-state index contributed by atoms with van der Waals surface area (Å²) < 4.78 is 12.7. The van der Waals surface area contributed by atoms with Gasteiger partial charge in [-0.3, -0.25) is 9.48 Å². The molecule has 0 atom stereocenters. The van der Waals surface area contributed by atoms with Crippen LogP contribution in [0.3, 0.4) is 0 Å². The Morgan fingerprint density at radius 3 is 2.63 bits per heavy atom. The number of hydrogen-bond donors (Lipinski definition) is 0. The molecule has 3 rings (SSSR count). The van der Waals surface area contributed by atoms with Crippen molar-refractivity contribution < 1.29 is 14.3 Å². The van der Waals surface area contributed by atoms with Crippen LogP contribution in [0.4, 0.5) is 0 Å². The lowest BCUT2D eigenvalue weighted by Gasteiger charge is -2.32. The lowest BCUT2D eigenvalue weighted by Crippen LogP contribution is -2.38. The van der Waals surface area contributed by atoms with Crippen LogP contribution in [0.15, 0.2) is 12.3 Å². The topological polar surface area (TPSA) is 82.4 Å². The van der Waals surface area contributed by atoms with Gasteiger partial charge in [0, 0.05) is 56.5 Å². The smallest absolute Gasteiger partial charge is 0.224 e. The second kappa shape index (κ2) is 10.6. The minimum atomic E-state index is 0.197. The fourth-order valence-electron chi connectivity index (χ4n) is 3.96. The number of carbonyl (C=O) groups is 1. The van der Waals surface area contributed by atoms with E-state index in [9.17, 15) is 4.79 Å². The number of amides is 1. The van der Waals surface area contributed by atoms with Crippen molar-refractivity contribution in [3.63, 3.8) is 0 Å². The van der Waals surface area contributed by atoms with Gasteiger partial charge in [-0.1, -0.05) is 0 Å². The highest BCUT2D eigenvalue weighted by atomic mass is 16.5. The predicted molar refractivity (Wildman–Crippen MR) is 113 cm³/mol. The monoisotopic (exact) mass is 415 g/mol. The minimum Gasteiger partial charge on any atom is -0.382 e. The summed E-state index contributed by atoms with van der Waals surface area (Å²) in [7, 11) is 1.66. The summed E-state index contributed by atoms with van der Waals surface area (Å²) in [5.41, 5.74) is 4.18. The number of hydrogen-bond acceptors (Lipinski definition) is 6. The van der Waals surface area contributed by atoms with Gasteiger partial charge in [0.2, 0.25) is 5.91 Å². The van der Waals surface area contributed by atoms with Crippen molar-refractivity contribution in [3.8, 4) is 0 Å². The highest BCUT2D eigenvalue weighted by Gasteiger charge is 2.26. The molecule has 2 aromatic rings. The summed E-state index contributed by atoms with van der Waals surface area (Å²) in [5.74, 6) is 1.30. The number of ether oxygens (including phenoxy) is 2. The molecule has 164 valence electrons. The molecule has 0 aliphatic carbocycles. The molecule has 1 aliphatic heterocycles. The SMILES string of the molecule is COCCOCc1cnc(C)nc1C1CCN(C(=O)CCn2nc(C)cc2C)CC1. The largest absolute Gasteiger partial charge is 0.382 e. The number of likely N-dealkylation sites (tertiary alicyclic amines) is 1. The summed E-state index contributed by atoms with van der Waals surface area (Å²) in [5, 5.41) is 4.45. The molecule has 1 amide bonds. The first kappa shape index (κ1) is 22.4. The van der Waals surface area contributed by atoms with E-state index in [1.807, 2.05) is 42.6 Å². The zero-order valence-electron chi connectivity index (χ0n) is 18.6. The van der Waals surface area contributed by atoms with Gasteiger partial charge in [0.25, 0.3) is 0 Å². The molecule has 0 N–H and O–H groups in total. The first-order valence-electron chi connectivity index (χ1n) is 10.7. The molecule has 1 aliphatic rings. The molecule has 0 unspecified atom stereocenters. The Kier molecular flexibility index (Phi) is 7.93. The molecule has 30 heavy (non-hydrogen) atoms. The third-order valence-corrected chi connectivity index (χ3v) is 5.58. The maximum absolute atomic E-state index is 12.7. The Morgan fingerprint density at radius 2 is 1.97 bits per heavy atom. The van der Waals surface area contributed by atoms with Crippen LogP contribution in [-0.2, 0) is 27.4 Å². The van der Waals surface area contributed by atoms with Crippen LogP contribution in [-0.4, -0.2) is 64.0 Å². The maximum atomic E-state index is 12.7. The van der Waals surface area contributed by atoms with Gasteiger partial charge in [0.15, 0.2) is 0 Å². The van der Waals surface area contributed by atoms with Crippen molar-refractivity contribution in [1.29, 1.82) is 0 Å². The third kappa shape index (κ3) is 5.86. The van der Waals surface area contributed by atoms with Gasteiger partial charge in [-0.15, -0.1) is 0 Å². The van der Waals surface area contributed by atoms with E-state index in [-0.39, 0.29) is 5.91 Å². The van der Waals surface area contributed by atoms with Crippen molar-refractivity contribution in [2.24, 2.45) is 0 Å². The predicted octanol–water partition coefficient (Wildman–Crippen LogP) is 2.56. The first-order valence-corrected chi connectivity index (χ1v) is 10.7. The van der Waals surface area contributed by atoms with E-state index in [0.717, 1.165) is 54.4 Å². The molecule has 2 aromatic heterocycles. The first-order chi connectivity index (χ1) is 14.5. The molecule has 8 heteroatoms. The van der Waals surface area contributed by atoms with Crippen molar-refractivity contribution in [3.05, 3.63) is 40.7 Å². The average Bonchev–Trinajstić information content (AvgIpc) is 3.07. The van der Waals surface area contributed by atoms with E-state index >= 15 is 0 Å². The van der Waals surface area contributed by atoms with Gasteiger partial charge in [-0.05, 0) is 39.7 Å². The number of methoxy groups -OCH3 is 1. The van der Waals surface area contributed by atoms with E-state index in [1.54, 1.807) is 7.11 Å². The van der Waals surface area contributed by atoms with E-state index < -0.39 is 0 Å². The molecule has 0 aromatic carbocycles. The number of aryl methyl sites for hydroxylation is 4. The summed E-state index contributed by atoms with van der Waals surface area (Å²) in [6.45, 7) is 9.66. The van der Waals surface area contributed by atoms with Crippen LogP contribution in [0.25, 0.3) is 0 Å². The van der Waals surface area contributed by atoms with Crippen LogP contribution in [0.5, 0.6) is 0 Å². The lowest BCUT2D eigenvalue weighted by atomic mass is 9.90. The Hall–Kier alpha value is -2.32. The Morgan fingerprint density at radius 1 is 1.20 bits per heavy atom. The highest BCUT2D eigenvalue weighted by molar-refractivity contribution is 5.76. The van der Waals surface area contributed by atoms with Crippen LogP contribution >= 0.6 is 0 Å². The molecule has 1 saturated heterocycles. The zero-order chi connectivity index (χ0) is 21.5. The highest BCUT2D eigenvalue weighted by Crippen LogP contribution is 2.29. The molecule has 0 spiro atoms. The standard InChI is InChI=1S/C22H33N5O3/c1-16-13-17(2)27(25-16)10-7-21(28)26-8-5-19(6-9-26)22-20(14-23-18(3)24-22)15-30-12-11-29-4/h13-14,19H,5-12,15H2,1-4H3. The number of piperidine rings is 1. The normalized spacial score (nSPS) is 15.0. The molecule has 1 fully saturated rings. The number of rotatable bonds is 9. The van der Waals surface area contributed by atoms with Gasteiger partial charge in [0.05, 0.1) is 31.2 Å². The van der Waals surface area contributed by atoms with E-state index in [2.05, 4.69) is 10.1 Å². The molecule has 0 saturated carbocycles. The van der Waals surface area contributed by atoms with Crippen LogP contribution in [0, 0.1) is 20.8 Å². The molecule has 8 nitrogen and oxygen atoms in total. The molecule has 0 bridgehead atoms. The second-order valence-electron chi connectivity index (χ2n) is 7.93.